The van der Waals surface area contributed by atoms with Crippen molar-refractivity contribution in [2.24, 2.45) is 5.92 Å². The Morgan fingerprint density at radius 2 is 2.00 bits per heavy atom. The number of hydrogen-bond acceptors (Lipinski definition) is 3. The zero-order valence-corrected chi connectivity index (χ0v) is 12.1. The van der Waals surface area contributed by atoms with E-state index in [0.29, 0.717) is 25.6 Å². The van der Waals surface area contributed by atoms with Gasteiger partial charge in [0.25, 0.3) is 0 Å². The van der Waals surface area contributed by atoms with Gasteiger partial charge < -0.3 is 14.8 Å². The summed E-state index contributed by atoms with van der Waals surface area (Å²) in [6, 6.07) is 6.08. The predicted octanol–water partition coefficient (Wildman–Crippen LogP) is 2.31. The number of carbonyl (C=O) groups is 1. The Kier molecular flexibility index (Phi) is 3.32. The van der Waals surface area contributed by atoms with Gasteiger partial charge in [0.15, 0.2) is 11.5 Å². The minimum absolute atomic E-state index is 0.124. The Labute approximate surface area is 119 Å². The molecule has 1 aromatic rings. The summed E-state index contributed by atoms with van der Waals surface area (Å²) in [4.78, 5) is 11.6. The molecule has 1 aromatic carbocycles. The van der Waals surface area contributed by atoms with E-state index < -0.39 is 0 Å². The molecule has 1 saturated heterocycles. The van der Waals surface area contributed by atoms with Gasteiger partial charge >= 0.3 is 0 Å². The van der Waals surface area contributed by atoms with Gasteiger partial charge in [-0.15, -0.1) is 0 Å². The summed E-state index contributed by atoms with van der Waals surface area (Å²) >= 11 is 0. The molecule has 0 radical (unpaired) electrons. The lowest BCUT2D eigenvalue weighted by atomic mass is 9.80. The van der Waals surface area contributed by atoms with Crippen molar-refractivity contribution in [1.82, 2.24) is 5.32 Å². The minimum atomic E-state index is -0.124. The van der Waals surface area contributed by atoms with Crippen LogP contribution < -0.4 is 14.8 Å². The van der Waals surface area contributed by atoms with Gasteiger partial charge in [0.05, 0.1) is 0 Å². The van der Waals surface area contributed by atoms with Crippen LogP contribution in [0, 0.1) is 5.92 Å². The highest BCUT2D eigenvalue weighted by molar-refractivity contribution is 5.79. The highest BCUT2D eigenvalue weighted by atomic mass is 16.6. The van der Waals surface area contributed by atoms with Gasteiger partial charge in [-0.3, -0.25) is 4.79 Å². The van der Waals surface area contributed by atoms with Crippen molar-refractivity contribution in [3.05, 3.63) is 23.8 Å². The summed E-state index contributed by atoms with van der Waals surface area (Å²) < 4.78 is 11.2. The summed E-state index contributed by atoms with van der Waals surface area (Å²) in [5.41, 5.74) is 1.06. The third kappa shape index (κ3) is 2.35. The molecule has 0 bridgehead atoms. The zero-order chi connectivity index (χ0) is 14.2. The first-order valence-electron chi connectivity index (χ1n) is 7.29. The first kappa shape index (κ1) is 13.3. The van der Waals surface area contributed by atoms with Crippen molar-refractivity contribution < 1.29 is 14.3 Å². The lowest BCUT2D eigenvalue weighted by molar-refractivity contribution is -0.120. The number of ether oxygens (including phenoxy) is 2. The maximum absolute atomic E-state index is 11.6. The van der Waals surface area contributed by atoms with Crippen LogP contribution in [-0.4, -0.2) is 24.7 Å². The molecule has 2 aliphatic rings. The molecule has 0 saturated carbocycles. The monoisotopic (exact) mass is 275 g/mol. The van der Waals surface area contributed by atoms with Crippen molar-refractivity contribution in [1.29, 1.82) is 0 Å². The molecule has 4 nitrogen and oxygen atoms in total. The third-order valence-electron chi connectivity index (χ3n) is 4.42. The van der Waals surface area contributed by atoms with Crippen LogP contribution in [0.2, 0.25) is 0 Å². The predicted molar refractivity (Wildman–Crippen MR) is 76.1 cm³/mol. The van der Waals surface area contributed by atoms with Crippen LogP contribution in [0.15, 0.2) is 18.2 Å². The fourth-order valence-corrected chi connectivity index (χ4v) is 3.07. The fourth-order valence-electron chi connectivity index (χ4n) is 3.07. The first-order valence-corrected chi connectivity index (χ1v) is 7.29. The largest absolute Gasteiger partial charge is 0.486 e. The second-order valence-electron chi connectivity index (χ2n) is 6.01. The van der Waals surface area contributed by atoms with E-state index >= 15 is 0 Å². The average molecular weight is 275 g/mol. The normalized spacial score (nSPS) is 24.9. The first-order chi connectivity index (χ1) is 9.59. The number of hydrogen-bond donors (Lipinski definition) is 1. The molecule has 0 spiro atoms. The zero-order valence-electron chi connectivity index (χ0n) is 12.1. The molecule has 0 aromatic heterocycles. The molecule has 20 heavy (non-hydrogen) atoms. The molecule has 4 heteroatoms. The number of carbonyl (C=O) groups excluding carboxylic acids is 1. The standard InChI is InChI=1S/C16H21NO3/c1-11(2)16(6-5-15(18)17-16)10-12-3-4-13-14(9-12)20-8-7-19-13/h3-4,9,11H,5-8,10H2,1-2H3,(H,17,18). The van der Waals surface area contributed by atoms with Crippen molar-refractivity contribution in [2.75, 3.05) is 13.2 Å². The maximum Gasteiger partial charge on any atom is 0.220 e. The third-order valence-corrected chi connectivity index (χ3v) is 4.42. The second kappa shape index (κ2) is 5.00. The molecule has 1 unspecified atom stereocenters. The fraction of sp³-hybridized carbons (Fsp3) is 0.562. The van der Waals surface area contributed by atoms with Crippen LogP contribution in [0.4, 0.5) is 0 Å². The Morgan fingerprint density at radius 3 is 2.65 bits per heavy atom. The molecule has 0 aliphatic carbocycles. The Morgan fingerprint density at radius 1 is 1.25 bits per heavy atom. The quantitative estimate of drug-likeness (QED) is 0.921. The molecule has 108 valence electrons. The number of fused-ring (bicyclic) bond motifs is 1. The molecule has 1 amide bonds. The van der Waals surface area contributed by atoms with E-state index in [1.165, 1.54) is 5.56 Å². The summed E-state index contributed by atoms with van der Waals surface area (Å²) in [6.07, 6.45) is 2.37. The lowest BCUT2D eigenvalue weighted by Crippen LogP contribution is -2.48. The maximum atomic E-state index is 11.6. The molecule has 1 fully saturated rings. The second-order valence-corrected chi connectivity index (χ2v) is 6.01. The van der Waals surface area contributed by atoms with E-state index in [9.17, 15) is 4.79 Å². The van der Waals surface area contributed by atoms with E-state index in [-0.39, 0.29) is 11.4 Å². The van der Waals surface area contributed by atoms with Gasteiger partial charge in [0.2, 0.25) is 5.91 Å². The van der Waals surface area contributed by atoms with Crippen molar-refractivity contribution in [2.45, 2.75) is 38.6 Å². The topological polar surface area (TPSA) is 47.6 Å². The number of nitrogens with one attached hydrogen (secondary N) is 1. The van der Waals surface area contributed by atoms with Gasteiger partial charge in [-0.1, -0.05) is 19.9 Å². The van der Waals surface area contributed by atoms with E-state index in [4.69, 9.17) is 9.47 Å². The van der Waals surface area contributed by atoms with Gasteiger partial charge in [0, 0.05) is 12.0 Å². The van der Waals surface area contributed by atoms with Gasteiger partial charge in [-0.05, 0) is 36.5 Å². The Hall–Kier alpha value is -1.71. The minimum Gasteiger partial charge on any atom is -0.486 e. The van der Waals surface area contributed by atoms with Gasteiger partial charge in [-0.25, -0.2) is 0 Å². The summed E-state index contributed by atoms with van der Waals surface area (Å²) in [5.74, 6) is 2.20. The van der Waals surface area contributed by atoms with E-state index in [2.05, 4.69) is 25.2 Å². The lowest BCUT2D eigenvalue weighted by Gasteiger charge is -2.34. The van der Waals surface area contributed by atoms with Crippen LogP contribution >= 0.6 is 0 Å². The summed E-state index contributed by atoms with van der Waals surface area (Å²) in [7, 11) is 0. The summed E-state index contributed by atoms with van der Waals surface area (Å²) in [5, 5.41) is 3.18. The van der Waals surface area contributed by atoms with Crippen LogP contribution in [0.1, 0.15) is 32.3 Å². The molecule has 3 rings (SSSR count). The van der Waals surface area contributed by atoms with Crippen molar-refractivity contribution >= 4 is 5.91 Å². The molecule has 2 aliphatic heterocycles. The van der Waals surface area contributed by atoms with E-state index in [0.717, 1.165) is 24.3 Å². The molecular formula is C16H21NO3. The Bertz CT molecular complexity index is 526. The molecule has 2 heterocycles. The smallest absolute Gasteiger partial charge is 0.220 e. The molecule has 1 atom stereocenters. The highest BCUT2D eigenvalue weighted by Gasteiger charge is 2.40. The van der Waals surface area contributed by atoms with Gasteiger partial charge in [-0.2, -0.15) is 0 Å². The van der Waals surface area contributed by atoms with Crippen molar-refractivity contribution in [3.8, 4) is 11.5 Å². The van der Waals surface area contributed by atoms with Crippen LogP contribution in [0.5, 0.6) is 11.5 Å². The summed E-state index contributed by atoms with van der Waals surface area (Å²) in [6.45, 7) is 5.55. The number of amides is 1. The molecule has 1 N–H and O–H groups in total. The van der Waals surface area contributed by atoms with Crippen LogP contribution in [0.3, 0.4) is 0 Å². The van der Waals surface area contributed by atoms with E-state index in [1.807, 2.05) is 12.1 Å². The Balaban J connectivity index is 1.84. The van der Waals surface area contributed by atoms with Crippen LogP contribution in [0.25, 0.3) is 0 Å². The van der Waals surface area contributed by atoms with Gasteiger partial charge in [0.1, 0.15) is 13.2 Å². The van der Waals surface area contributed by atoms with Crippen molar-refractivity contribution in [3.63, 3.8) is 0 Å². The molecular weight excluding hydrogens is 254 g/mol. The number of rotatable bonds is 3. The number of benzene rings is 1. The average Bonchev–Trinajstić information content (AvgIpc) is 2.81. The van der Waals surface area contributed by atoms with E-state index in [1.54, 1.807) is 0 Å². The van der Waals surface area contributed by atoms with Crippen LogP contribution in [-0.2, 0) is 11.2 Å². The highest BCUT2D eigenvalue weighted by Crippen LogP contribution is 2.35. The SMILES string of the molecule is CC(C)C1(Cc2ccc3c(c2)OCCO3)CCC(=O)N1.